The summed E-state index contributed by atoms with van der Waals surface area (Å²) in [7, 11) is 0. The number of aromatic amines is 1. The van der Waals surface area contributed by atoms with Crippen LogP contribution in [-0.4, -0.2) is 25.5 Å². The third-order valence-electron chi connectivity index (χ3n) is 4.75. The average molecular weight is 402 g/mol. The fourth-order valence-electron chi connectivity index (χ4n) is 3.32. The number of H-pyrrole nitrogens is 1. The van der Waals surface area contributed by atoms with Crippen molar-refractivity contribution in [3.8, 4) is 11.4 Å². The van der Waals surface area contributed by atoms with Gasteiger partial charge in [0.25, 0.3) is 11.5 Å². The van der Waals surface area contributed by atoms with Crippen LogP contribution in [0.25, 0.3) is 11.4 Å². The molecule has 30 heavy (non-hydrogen) atoms. The van der Waals surface area contributed by atoms with Crippen molar-refractivity contribution >= 4 is 11.6 Å². The Morgan fingerprint density at radius 1 is 1.07 bits per heavy atom. The molecule has 2 aromatic heterocycles. The highest BCUT2D eigenvalue weighted by atomic mass is 16.2. The lowest BCUT2D eigenvalue weighted by molar-refractivity contribution is 0.101. The number of anilines is 1. The van der Waals surface area contributed by atoms with Crippen molar-refractivity contribution in [1.29, 1.82) is 0 Å². The molecule has 0 saturated carbocycles. The molecule has 0 saturated heterocycles. The predicted molar refractivity (Wildman–Crippen MR) is 115 cm³/mol. The number of carbonyl (C=O) groups is 1. The topological polar surface area (TPSA) is 111 Å². The molecule has 0 aliphatic rings. The largest absolute Gasteiger partial charge is 0.326 e. The monoisotopic (exact) mass is 402 g/mol. The van der Waals surface area contributed by atoms with Gasteiger partial charge >= 0.3 is 0 Å². The molecule has 8 heteroatoms. The van der Waals surface area contributed by atoms with Crippen LogP contribution in [0.1, 0.15) is 27.4 Å². The van der Waals surface area contributed by atoms with Gasteiger partial charge in [0.1, 0.15) is 5.69 Å². The molecule has 1 amide bonds. The zero-order valence-electron chi connectivity index (χ0n) is 16.7. The summed E-state index contributed by atoms with van der Waals surface area (Å²) < 4.78 is 3.31. The Morgan fingerprint density at radius 3 is 2.50 bits per heavy atom. The molecule has 2 aromatic carbocycles. The fraction of sp³-hybridized carbons (Fsp3) is 0.136. The minimum Gasteiger partial charge on any atom is -0.326 e. The van der Waals surface area contributed by atoms with Crippen LogP contribution in [0.15, 0.2) is 65.5 Å². The van der Waals surface area contributed by atoms with Crippen LogP contribution in [0.5, 0.6) is 0 Å². The van der Waals surface area contributed by atoms with Crippen molar-refractivity contribution in [3.63, 3.8) is 0 Å². The van der Waals surface area contributed by atoms with Gasteiger partial charge in [-0.2, -0.15) is 5.10 Å². The fourth-order valence-corrected chi connectivity index (χ4v) is 3.32. The first-order valence-electron chi connectivity index (χ1n) is 9.51. The van der Waals surface area contributed by atoms with Crippen molar-refractivity contribution in [1.82, 2.24) is 19.6 Å². The van der Waals surface area contributed by atoms with E-state index in [2.05, 4.69) is 15.5 Å². The maximum absolute atomic E-state index is 12.9. The molecule has 0 aliphatic heterocycles. The molecule has 4 N–H and O–H groups in total. The second-order valence-corrected chi connectivity index (χ2v) is 7.05. The normalized spacial score (nSPS) is 10.9. The van der Waals surface area contributed by atoms with E-state index in [1.165, 1.54) is 6.07 Å². The van der Waals surface area contributed by atoms with Gasteiger partial charge in [-0.15, -0.1) is 0 Å². The number of rotatable bonds is 5. The van der Waals surface area contributed by atoms with Crippen LogP contribution in [0.2, 0.25) is 0 Å². The Kier molecular flexibility index (Phi) is 5.07. The van der Waals surface area contributed by atoms with Gasteiger partial charge in [-0.05, 0) is 61.9 Å². The third-order valence-corrected chi connectivity index (χ3v) is 4.75. The number of carbonyl (C=O) groups excluding carboxylic acids is 1. The molecule has 0 fully saturated rings. The van der Waals surface area contributed by atoms with Crippen molar-refractivity contribution in [2.75, 3.05) is 5.32 Å². The maximum atomic E-state index is 12.9. The lowest BCUT2D eigenvalue weighted by atomic mass is 10.2. The molecular formula is C22H22N6O2. The Morgan fingerprint density at radius 2 is 1.83 bits per heavy atom. The molecule has 0 bridgehead atoms. The number of hydrogen-bond donors (Lipinski definition) is 3. The van der Waals surface area contributed by atoms with E-state index in [4.69, 9.17) is 5.73 Å². The standard InChI is InChI=1S/C22H22N6O2/c1-14-10-20(28(25-14)19-5-3-4-16(12-19)13-23)22(30)24-17-6-8-18(9-7-17)27-15(2)11-21(29)26-27/h3-12H,13,23H2,1-2H3,(H,24,30)(H,26,29). The molecule has 0 radical (unpaired) electrons. The summed E-state index contributed by atoms with van der Waals surface area (Å²) in [6.45, 7) is 4.10. The Labute approximate surface area is 172 Å². The van der Waals surface area contributed by atoms with Gasteiger partial charge in [0.15, 0.2) is 0 Å². The Balaban J connectivity index is 1.59. The molecule has 0 unspecified atom stereocenters. The number of nitrogens with one attached hydrogen (secondary N) is 2. The van der Waals surface area contributed by atoms with Gasteiger partial charge in [-0.1, -0.05) is 12.1 Å². The molecule has 0 aliphatic carbocycles. The number of aromatic nitrogens is 4. The SMILES string of the molecule is Cc1cc(C(=O)Nc2ccc(-n3[nH]c(=O)cc3C)cc2)n(-c2cccc(CN)c2)n1. The van der Waals surface area contributed by atoms with Crippen molar-refractivity contribution in [2.45, 2.75) is 20.4 Å². The first-order valence-corrected chi connectivity index (χ1v) is 9.51. The molecule has 152 valence electrons. The lowest BCUT2D eigenvalue weighted by Gasteiger charge is -2.10. The third kappa shape index (κ3) is 3.81. The van der Waals surface area contributed by atoms with E-state index in [-0.39, 0.29) is 11.5 Å². The van der Waals surface area contributed by atoms with Gasteiger partial charge in [-0.3, -0.25) is 19.4 Å². The molecule has 0 atom stereocenters. The quantitative estimate of drug-likeness (QED) is 0.477. The van der Waals surface area contributed by atoms with E-state index in [0.29, 0.717) is 17.9 Å². The summed E-state index contributed by atoms with van der Waals surface area (Å²) >= 11 is 0. The number of amides is 1. The lowest BCUT2D eigenvalue weighted by Crippen LogP contribution is -2.17. The number of nitrogens with zero attached hydrogens (tertiary/aromatic N) is 3. The summed E-state index contributed by atoms with van der Waals surface area (Å²) in [5, 5.41) is 10.1. The summed E-state index contributed by atoms with van der Waals surface area (Å²) in [6, 6.07) is 18.1. The Hall–Kier alpha value is -3.91. The van der Waals surface area contributed by atoms with E-state index >= 15 is 0 Å². The molecule has 8 nitrogen and oxygen atoms in total. The molecule has 0 spiro atoms. The highest BCUT2D eigenvalue weighted by Gasteiger charge is 2.16. The van der Waals surface area contributed by atoms with E-state index in [1.807, 2.05) is 50.2 Å². The van der Waals surface area contributed by atoms with E-state index in [0.717, 1.165) is 28.3 Å². The van der Waals surface area contributed by atoms with Crippen molar-refractivity contribution in [3.05, 3.63) is 93.7 Å². The second kappa shape index (κ2) is 7.84. The van der Waals surface area contributed by atoms with Crippen LogP contribution in [0.3, 0.4) is 0 Å². The van der Waals surface area contributed by atoms with Crippen LogP contribution in [-0.2, 0) is 6.54 Å². The molecule has 2 heterocycles. The van der Waals surface area contributed by atoms with Gasteiger partial charge in [-0.25, -0.2) is 4.68 Å². The van der Waals surface area contributed by atoms with Gasteiger partial charge in [0, 0.05) is 24.0 Å². The molecular weight excluding hydrogens is 380 g/mol. The maximum Gasteiger partial charge on any atom is 0.274 e. The number of hydrogen-bond acceptors (Lipinski definition) is 4. The predicted octanol–water partition coefficient (Wildman–Crippen LogP) is 2.68. The van der Waals surface area contributed by atoms with E-state index in [9.17, 15) is 9.59 Å². The smallest absolute Gasteiger partial charge is 0.274 e. The van der Waals surface area contributed by atoms with Crippen molar-refractivity contribution < 1.29 is 4.79 Å². The minimum absolute atomic E-state index is 0.160. The first kappa shape index (κ1) is 19.4. The minimum atomic E-state index is -0.271. The number of aryl methyl sites for hydroxylation is 2. The summed E-state index contributed by atoms with van der Waals surface area (Å²) in [6.07, 6.45) is 0. The summed E-state index contributed by atoms with van der Waals surface area (Å²) in [5.74, 6) is -0.271. The first-order chi connectivity index (χ1) is 14.4. The highest BCUT2D eigenvalue weighted by molar-refractivity contribution is 6.03. The summed E-state index contributed by atoms with van der Waals surface area (Å²) in [5.41, 5.74) is 10.7. The van der Waals surface area contributed by atoms with Gasteiger partial charge in [0.2, 0.25) is 0 Å². The molecule has 4 aromatic rings. The zero-order chi connectivity index (χ0) is 21.3. The second-order valence-electron chi connectivity index (χ2n) is 7.05. The Bertz CT molecular complexity index is 1260. The zero-order valence-corrected chi connectivity index (χ0v) is 16.7. The average Bonchev–Trinajstić information content (AvgIpc) is 3.30. The number of nitrogens with two attached hydrogens (primary N) is 1. The summed E-state index contributed by atoms with van der Waals surface area (Å²) in [4.78, 5) is 24.4. The molecule has 4 rings (SSSR count). The number of benzene rings is 2. The van der Waals surface area contributed by atoms with Crippen LogP contribution < -0.4 is 16.6 Å². The highest BCUT2D eigenvalue weighted by Crippen LogP contribution is 2.18. The van der Waals surface area contributed by atoms with E-state index < -0.39 is 0 Å². The van der Waals surface area contributed by atoms with E-state index in [1.54, 1.807) is 27.6 Å². The van der Waals surface area contributed by atoms with Crippen LogP contribution in [0.4, 0.5) is 5.69 Å². The van der Waals surface area contributed by atoms with Crippen LogP contribution in [0, 0.1) is 13.8 Å². The van der Waals surface area contributed by atoms with Crippen LogP contribution >= 0.6 is 0 Å². The van der Waals surface area contributed by atoms with Gasteiger partial charge in [0.05, 0.1) is 17.1 Å². The van der Waals surface area contributed by atoms with Gasteiger partial charge < -0.3 is 11.1 Å². The van der Waals surface area contributed by atoms with Crippen molar-refractivity contribution in [2.24, 2.45) is 5.73 Å².